The molecular formula is C12H15N3S. The average molecular weight is 233 g/mol. The molecule has 0 aliphatic rings. The second-order valence-electron chi connectivity index (χ2n) is 3.75. The molecule has 0 aromatic carbocycles. The van der Waals surface area contributed by atoms with Gasteiger partial charge in [0.2, 0.25) is 0 Å². The van der Waals surface area contributed by atoms with Crippen molar-refractivity contribution >= 4 is 11.3 Å². The van der Waals surface area contributed by atoms with Crippen LogP contribution < -0.4 is 5.32 Å². The van der Waals surface area contributed by atoms with E-state index in [9.17, 15) is 0 Å². The molecule has 0 bridgehead atoms. The summed E-state index contributed by atoms with van der Waals surface area (Å²) < 4.78 is 0. The van der Waals surface area contributed by atoms with Gasteiger partial charge in [-0.2, -0.15) is 0 Å². The van der Waals surface area contributed by atoms with E-state index in [4.69, 9.17) is 0 Å². The topological polar surface area (TPSA) is 37.8 Å². The number of pyridine rings is 1. The first kappa shape index (κ1) is 11.2. The van der Waals surface area contributed by atoms with E-state index in [2.05, 4.69) is 33.7 Å². The number of aryl methyl sites for hydroxylation is 1. The smallest absolute Gasteiger partial charge is 0.0897 e. The fourth-order valence-electron chi connectivity index (χ4n) is 1.50. The van der Waals surface area contributed by atoms with Crippen LogP contribution in [0.15, 0.2) is 29.9 Å². The van der Waals surface area contributed by atoms with Gasteiger partial charge in [-0.05, 0) is 25.5 Å². The quantitative estimate of drug-likeness (QED) is 0.882. The van der Waals surface area contributed by atoms with Crippen LogP contribution >= 0.6 is 11.3 Å². The van der Waals surface area contributed by atoms with Gasteiger partial charge in [-0.15, -0.1) is 11.3 Å². The van der Waals surface area contributed by atoms with Gasteiger partial charge in [0.15, 0.2) is 0 Å². The average Bonchev–Trinajstić information content (AvgIpc) is 2.73. The molecule has 0 amide bonds. The molecule has 0 fully saturated rings. The van der Waals surface area contributed by atoms with Gasteiger partial charge in [0, 0.05) is 30.4 Å². The molecule has 3 nitrogen and oxygen atoms in total. The number of hydrogen-bond acceptors (Lipinski definition) is 4. The van der Waals surface area contributed by atoms with Gasteiger partial charge in [0.25, 0.3) is 0 Å². The molecule has 2 rings (SSSR count). The Hall–Kier alpha value is -1.26. The minimum absolute atomic E-state index is 0.302. The number of nitrogens with one attached hydrogen (secondary N) is 1. The van der Waals surface area contributed by atoms with Crippen molar-refractivity contribution in [3.63, 3.8) is 0 Å². The Morgan fingerprint density at radius 3 is 3.00 bits per heavy atom. The molecule has 4 heteroatoms. The SMILES string of the molecule is Cc1nc(CNC(C)c2cccnc2)cs1. The van der Waals surface area contributed by atoms with Crippen LogP contribution in [-0.4, -0.2) is 9.97 Å². The van der Waals surface area contributed by atoms with Gasteiger partial charge in [0.1, 0.15) is 0 Å². The van der Waals surface area contributed by atoms with Crippen molar-refractivity contribution in [2.45, 2.75) is 26.4 Å². The summed E-state index contributed by atoms with van der Waals surface area (Å²) >= 11 is 1.69. The molecule has 0 spiro atoms. The highest BCUT2D eigenvalue weighted by atomic mass is 32.1. The van der Waals surface area contributed by atoms with Gasteiger partial charge >= 0.3 is 0 Å². The van der Waals surface area contributed by atoms with Gasteiger partial charge in [-0.1, -0.05) is 6.07 Å². The number of thiazole rings is 1. The standard InChI is InChI=1S/C12H15N3S/c1-9(11-4-3-5-13-6-11)14-7-12-8-16-10(2)15-12/h3-6,8-9,14H,7H2,1-2H3. The van der Waals surface area contributed by atoms with Crippen LogP contribution in [-0.2, 0) is 6.54 Å². The zero-order valence-corrected chi connectivity index (χ0v) is 10.3. The lowest BCUT2D eigenvalue weighted by atomic mass is 10.1. The second-order valence-corrected chi connectivity index (χ2v) is 4.81. The van der Waals surface area contributed by atoms with E-state index in [-0.39, 0.29) is 0 Å². The first-order chi connectivity index (χ1) is 7.75. The largest absolute Gasteiger partial charge is 0.304 e. The number of nitrogens with zero attached hydrogens (tertiary/aromatic N) is 2. The summed E-state index contributed by atoms with van der Waals surface area (Å²) in [6.07, 6.45) is 3.68. The third-order valence-corrected chi connectivity index (χ3v) is 3.26. The molecule has 2 heterocycles. The highest BCUT2D eigenvalue weighted by Gasteiger charge is 2.05. The zero-order valence-electron chi connectivity index (χ0n) is 9.47. The number of rotatable bonds is 4. The minimum Gasteiger partial charge on any atom is -0.304 e. The van der Waals surface area contributed by atoms with Crippen LogP contribution in [0.3, 0.4) is 0 Å². The van der Waals surface area contributed by atoms with Crippen LogP contribution in [0.1, 0.15) is 29.2 Å². The summed E-state index contributed by atoms with van der Waals surface area (Å²) in [6, 6.07) is 4.34. The highest BCUT2D eigenvalue weighted by Crippen LogP contribution is 2.12. The van der Waals surface area contributed by atoms with Crippen molar-refractivity contribution in [1.82, 2.24) is 15.3 Å². The normalized spacial score (nSPS) is 12.6. The van der Waals surface area contributed by atoms with Gasteiger partial charge < -0.3 is 5.32 Å². The summed E-state index contributed by atoms with van der Waals surface area (Å²) in [6.45, 7) is 4.97. The van der Waals surface area contributed by atoms with E-state index in [0.29, 0.717) is 6.04 Å². The molecule has 2 aromatic heterocycles. The molecule has 0 saturated heterocycles. The van der Waals surface area contributed by atoms with Gasteiger partial charge in [-0.3, -0.25) is 4.98 Å². The lowest BCUT2D eigenvalue weighted by Crippen LogP contribution is -2.18. The van der Waals surface area contributed by atoms with E-state index < -0.39 is 0 Å². The highest BCUT2D eigenvalue weighted by molar-refractivity contribution is 7.09. The Morgan fingerprint density at radius 2 is 2.38 bits per heavy atom. The predicted molar refractivity (Wildman–Crippen MR) is 66.3 cm³/mol. The monoisotopic (exact) mass is 233 g/mol. The molecule has 0 aliphatic carbocycles. The Bertz CT molecular complexity index is 439. The maximum absolute atomic E-state index is 4.42. The van der Waals surface area contributed by atoms with Crippen LogP contribution in [0.2, 0.25) is 0 Å². The molecule has 1 unspecified atom stereocenters. The number of hydrogen-bond donors (Lipinski definition) is 1. The van der Waals surface area contributed by atoms with Crippen molar-refractivity contribution in [1.29, 1.82) is 0 Å². The van der Waals surface area contributed by atoms with Crippen LogP contribution in [0.25, 0.3) is 0 Å². The van der Waals surface area contributed by atoms with E-state index >= 15 is 0 Å². The lowest BCUT2D eigenvalue weighted by Gasteiger charge is -2.12. The van der Waals surface area contributed by atoms with E-state index in [0.717, 1.165) is 17.2 Å². The maximum atomic E-state index is 4.42. The van der Waals surface area contributed by atoms with Crippen LogP contribution in [0, 0.1) is 6.92 Å². The summed E-state index contributed by atoms with van der Waals surface area (Å²) in [5, 5.41) is 6.64. The second kappa shape index (κ2) is 5.18. The minimum atomic E-state index is 0.302. The van der Waals surface area contributed by atoms with Crippen LogP contribution in [0.4, 0.5) is 0 Å². The van der Waals surface area contributed by atoms with Crippen molar-refractivity contribution in [2.24, 2.45) is 0 Å². The maximum Gasteiger partial charge on any atom is 0.0897 e. The summed E-state index contributed by atoms with van der Waals surface area (Å²) in [4.78, 5) is 8.53. The van der Waals surface area contributed by atoms with Gasteiger partial charge in [0.05, 0.1) is 10.7 Å². The third-order valence-electron chi connectivity index (χ3n) is 2.44. The Balaban J connectivity index is 1.91. The van der Waals surface area contributed by atoms with Gasteiger partial charge in [-0.25, -0.2) is 4.98 Å². The molecule has 0 saturated carbocycles. The Kier molecular flexibility index (Phi) is 3.64. The molecule has 0 aliphatic heterocycles. The predicted octanol–water partition coefficient (Wildman–Crippen LogP) is 2.70. The summed E-state index contributed by atoms with van der Waals surface area (Å²) in [7, 11) is 0. The van der Waals surface area contributed by atoms with E-state index in [1.54, 1.807) is 17.5 Å². The number of aromatic nitrogens is 2. The molecule has 84 valence electrons. The van der Waals surface area contributed by atoms with Crippen molar-refractivity contribution < 1.29 is 0 Å². The molecule has 2 aromatic rings. The molecule has 1 atom stereocenters. The molecular weight excluding hydrogens is 218 g/mol. The summed E-state index contributed by atoms with van der Waals surface area (Å²) in [5.41, 5.74) is 2.31. The first-order valence-electron chi connectivity index (χ1n) is 5.30. The van der Waals surface area contributed by atoms with E-state index in [1.807, 2.05) is 19.2 Å². The van der Waals surface area contributed by atoms with Crippen LogP contribution in [0.5, 0.6) is 0 Å². The third kappa shape index (κ3) is 2.87. The Morgan fingerprint density at radius 1 is 1.50 bits per heavy atom. The fourth-order valence-corrected chi connectivity index (χ4v) is 2.11. The molecule has 0 radical (unpaired) electrons. The lowest BCUT2D eigenvalue weighted by molar-refractivity contribution is 0.567. The fraction of sp³-hybridized carbons (Fsp3) is 0.333. The van der Waals surface area contributed by atoms with Crippen molar-refractivity contribution in [2.75, 3.05) is 0 Å². The first-order valence-corrected chi connectivity index (χ1v) is 6.18. The molecule has 1 N–H and O–H groups in total. The van der Waals surface area contributed by atoms with Crippen molar-refractivity contribution in [3.8, 4) is 0 Å². The Labute approximate surface area is 99.6 Å². The van der Waals surface area contributed by atoms with E-state index in [1.165, 1.54) is 5.56 Å². The molecule has 16 heavy (non-hydrogen) atoms. The zero-order chi connectivity index (χ0) is 11.4. The van der Waals surface area contributed by atoms with Crippen molar-refractivity contribution in [3.05, 3.63) is 46.2 Å². The summed E-state index contributed by atoms with van der Waals surface area (Å²) in [5.74, 6) is 0.